The molecule has 1 aromatic heterocycles. The van der Waals surface area contributed by atoms with Crippen LogP contribution in [-0.4, -0.2) is 57.3 Å². The van der Waals surface area contributed by atoms with Crippen molar-refractivity contribution in [2.45, 2.75) is 46.2 Å². The topological polar surface area (TPSA) is 96.2 Å². The second kappa shape index (κ2) is 10.3. The molecule has 8 nitrogen and oxygen atoms in total. The van der Waals surface area contributed by atoms with Crippen LogP contribution in [0.25, 0.3) is 0 Å². The second-order valence-electron chi connectivity index (χ2n) is 6.81. The molecule has 25 heavy (non-hydrogen) atoms. The molecule has 0 atom stereocenters. The summed E-state index contributed by atoms with van der Waals surface area (Å²) >= 11 is 1.81. The number of carbonyl (C=O) groups excluding carboxylic acids is 1. The number of hydrogen-bond donors (Lipinski definition) is 3. The summed E-state index contributed by atoms with van der Waals surface area (Å²) in [5.74, 6) is 3.23. The zero-order chi connectivity index (χ0) is 18.9. The Hall–Kier alpha value is -1.77. The molecule has 1 rings (SSSR count). The molecule has 0 spiro atoms. The van der Waals surface area contributed by atoms with Crippen LogP contribution in [0.1, 0.15) is 38.8 Å². The van der Waals surface area contributed by atoms with Crippen molar-refractivity contribution in [3.63, 3.8) is 0 Å². The molecule has 0 unspecified atom stereocenters. The van der Waals surface area contributed by atoms with Crippen molar-refractivity contribution >= 4 is 23.6 Å². The SMILES string of the molecule is CSCCCNC(=NCc1nnc(C)n1C)NCC(=O)NC(C)(C)C. The lowest BCUT2D eigenvalue weighted by molar-refractivity contribution is -0.121. The molecule has 0 aliphatic heterocycles. The van der Waals surface area contributed by atoms with E-state index in [1.54, 1.807) is 11.8 Å². The molecule has 0 saturated heterocycles. The Kier molecular flexibility index (Phi) is 8.74. The minimum Gasteiger partial charge on any atom is -0.356 e. The molecule has 0 saturated carbocycles. The molecule has 0 radical (unpaired) electrons. The second-order valence-corrected chi connectivity index (χ2v) is 7.80. The van der Waals surface area contributed by atoms with E-state index in [4.69, 9.17) is 0 Å². The van der Waals surface area contributed by atoms with E-state index < -0.39 is 0 Å². The van der Waals surface area contributed by atoms with Crippen molar-refractivity contribution in [3.05, 3.63) is 11.6 Å². The van der Waals surface area contributed by atoms with Gasteiger partial charge in [-0.25, -0.2) is 4.99 Å². The molecule has 142 valence electrons. The number of aryl methyl sites for hydroxylation is 1. The summed E-state index contributed by atoms with van der Waals surface area (Å²) in [4.78, 5) is 16.5. The highest BCUT2D eigenvalue weighted by atomic mass is 32.2. The lowest BCUT2D eigenvalue weighted by Gasteiger charge is -2.21. The van der Waals surface area contributed by atoms with Gasteiger partial charge in [-0.1, -0.05) is 0 Å². The van der Waals surface area contributed by atoms with Gasteiger partial charge in [-0.3, -0.25) is 4.79 Å². The molecule has 1 heterocycles. The number of guanidine groups is 1. The number of hydrogen-bond acceptors (Lipinski definition) is 5. The first-order valence-corrected chi connectivity index (χ1v) is 9.79. The molecule has 9 heteroatoms. The summed E-state index contributed by atoms with van der Waals surface area (Å²) in [6.07, 6.45) is 3.11. The number of nitrogens with zero attached hydrogens (tertiary/aromatic N) is 4. The lowest BCUT2D eigenvalue weighted by atomic mass is 10.1. The van der Waals surface area contributed by atoms with E-state index in [1.807, 2.05) is 39.3 Å². The van der Waals surface area contributed by atoms with Gasteiger partial charge in [0, 0.05) is 19.1 Å². The Balaban J connectivity index is 2.63. The van der Waals surface area contributed by atoms with E-state index in [-0.39, 0.29) is 18.0 Å². The Morgan fingerprint density at radius 3 is 2.56 bits per heavy atom. The molecule has 0 bridgehead atoms. The lowest BCUT2D eigenvalue weighted by Crippen LogP contribution is -2.48. The van der Waals surface area contributed by atoms with Gasteiger partial charge in [0.25, 0.3) is 0 Å². The van der Waals surface area contributed by atoms with Crippen molar-refractivity contribution in [3.8, 4) is 0 Å². The Morgan fingerprint density at radius 2 is 2.00 bits per heavy atom. The van der Waals surface area contributed by atoms with E-state index >= 15 is 0 Å². The first-order valence-electron chi connectivity index (χ1n) is 8.40. The molecule has 0 fully saturated rings. The van der Waals surface area contributed by atoms with Gasteiger partial charge in [0.15, 0.2) is 11.8 Å². The quantitative estimate of drug-likeness (QED) is 0.357. The van der Waals surface area contributed by atoms with Crippen LogP contribution in [0, 0.1) is 6.92 Å². The van der Waals surface area contributed by atoms with Gasteiger partial charge in [-0.2, -0.15) is 11.8 Å². The van der Waals surface area contributed by atoms with Gasteiger partial charge in [0.1, 0.15) is 12.4 Å². The molecule has 0 aliphatic rings. The summed E-state index contributed by atoms with van der Waals surface area (Å²) in [5, 5.41) is 17.4. The van der Waals surface area contributed by atoms with E-state index in [1.165, 1.54) is 0 Å². The Labute approximate surface area is 154 Å². The first-order chi connectivity index (χ1) is 11.7. The molecule has 3 N–H and O–H groups in total. The Morgan fingerprint density at radius 1 is 1.28 bits per heavy atom. The summed E-state index contributed by atoms with van der Waals surface area (Å²) in [6.45, 7) is 9.13. The van der Waals surface area contributed by atoms with Gasteiger partial charge in [-0.15, -0.1) is 10.2 Å². The number of nitrogens with one attached hydrogen (secondary N) is 3. The molecule has 0 aromatic carbocycles. The Bertz CT molecular complexity index is 578. The van der Waals surface area contributed by atoms with Crippen molar-refractivity contribution in [2.75, 3.05) is 25.1 Å². The van der Waals surface area contributed by atoms with Gasteiger partial charge in [0.2, 0.25) is 5.91 Å². The van der Waals surface area contributed by atoms with E-state index in [2.05, 4.69) is 37.4 Å². The normalized spacial score (nSPS) is 12.2. The van der Waals surface area contributed by atoms with Gasteiger partial charge in [-0.05, 0) is 46.1 Å². The van der Waals surface area contributed by atoms with Crippen LogP contribution in [0.2, 0.25) is 0 Å². The van der Waals surface area contributed by atoms with Gasteiger partial charge < -0.3 is 20.5 Å². The van der Waals surface area contributed by atoms with Crippen molar-refractivity contribution in [1.29, 1.82) is 0 Å². The number of aromatic nitrogens is 3. The van der Waals surface area contributed by atoms with Crippen LogP contribution < -0.4 is 16.0 Å². The highest BCUT2D eigenvalue weighted by Crippen LogP contribution is 2.00. The standard InChI is InChI=1S/C16H31N7OS/c1-12-21-22-13(23(12)5)10-18-15(17-8-7-9-25-6)19-11-14(24)20-16(2,3)4/h7-11H2,1-6H3,(H,20,24)(H2,17,18,19). The van der Waals surface area contributed by atoms with Crippen LogP contribution in [0.5, 0.6) is 0 Å². The number of aliphatic imine (C=N–C) groups is 1. The smallest absolute Gasteiger partial charge is 0.239 e. The van der Waals surface area contributed by atoms with Crippen LogP contribution >= 0.6 is 11.8 Å². The molecule has 0 aliphatic carbocycles. The summed E-state index contributed by atoms with van der Waals surface area (Å²) in [6, 6.07) is 0. The third-order valence-corrected chi connectivity index (χ3v) is 4.01. The van der Waals surface area contributed by atoms with Crippen LogP contribution in [0.15, 0.2) is 4.99 Å². The minimum atomic E-state index is -0.252. The molecule has 1 amide bonds. The fourth-order valence-corrected chi connectivity index (χ4v) is 2.40. The maximum Gasteiger partial charge on any atom is 0.239 e. The van der Waals surface area contributed by atoms with Crippen molar-refractivity contribution < 1.29 is 4.79 Å². The van der Waals surface area contributed by atoms with Crippen LogP contribution in [-0.2, 0) is 18.4 Å². The minimum absolute atomic E-state index is 0.0689. The maximum atomic E-state index is 12.0. The summed E-state index contributed by atoms with van der Waals surface area (Å²) in [7, 11) is 1.91. The third-order valence-electron chi connectivity index (χ3n) is 3.31. The van der Waals surface area contributed by atoms with Crippen LogP contribution in [0.4, 0.5) is 0 Å². The maximum absolute atomic E-state index is 12.0. The number of amides is 1. The van der Waals surface area contributed by atoms with Crippen molar-refractivity contribution in [1.82, 2.24) is 30.7 Å². The number of rotatable bonds is 8. The fraction of sp³-hybridized carbons (Fsp3) is 0.750. The average molecular weight is 370 g/mol. The molecular weight excluding hydrogens is 338 g/mol. The van der Waals surface area contributed by atoms with Gasteiger partial charge >= 0.3 is 0 Å². The van der Waals surface area contributed by atoms with Crippen molar-refractivity contribution in [2.24, 2.45) is 12.0 Å². The highest BCUT2D eigenvalue weighted by Gasteiger charge is 2.14. The average Bonchev–Trinajstić information content (AvgIpc) is 2.83. The molecular formula is C16H31N7OS. The third kappa shape index (κ3) is 8.76. The fourth-order valence-electron chi connectivity index (χ4n) is 1.96. The predicted molar refractivity (Wildman–Crippen MR) is 104 cm³/mol. The zero-order valence-corrected chi connectivity index (χ0v) is 17.0. The van der Waals surface area contributed by atoms with E-state index in [0.717, 1.165) is 30.4 Å². The first kappa shape index (κ1) is 21.3. The number of carbonyl (C=O) groups is 1. The number of thioether (sulfide) groups is 1. The van der Waals surface area contributed by atoms with Gasteiger partial charge in [0.05, 0.1) is 6.54 Å². The highest BCUT2D eigenvalue weighted by molar-refractivity contribution is 7.98. The predicted octanol–water partition coefficient (Wildman–Crippen LogP) is 0.827. The largest absolute Gasteiger partial charge is 0.356 e. The summed E-state index contributed by atoms with van der Waals surface area (Å²) in [5.41, 5.74) is -0.252. The van der Waals surface area contributed by atoms with Crippen LogP contribution in [0.3, 0.4) is 0 Å². The zero-order valence-electron chi connectivity index (χ0n) is 16.1. The van der Waals surface area contributed by atoms with E-state index in [0.29, 0.717) is 12.5 Å². The van der Waals surface area contributed by atoms with E-state index in [9.17, 15) is 4.79 Å². The monoisotopic (exact) mass is 369 g/mol. The molecule has 1 aromatic rings. The summed E-state index contributed by atoms with van der Waals surface area (Å²) < 4.78 is 1.90.